The van der Waals surface area contributed by atoms with Crippen LogP contribution in [0.1, 0.15) is 11.4 Å². The summed E-state index contributed by atoms with van der Waals surface area (Å²) in [5.41, 5.74) is 3.60. The molecule has 17 heavy (non-hydrogen) atoms. The number of carbonyl (C=O) groups is 1. The minimum atomic E-state index is -0.786. The van der Waals surface area contributed by atoms with Crippen LogP contribution in [0.25, 0.3) is 0 Å². The number of aryl methyl sites for hydroxylation is 2. The highest BCUT2D eigenvalue weighted by Gasteiger charge is 2.22. The summed E-state index contributed by atoms with van der Waals surface area (Å²) in [5.74, 6) is 5.23. The summed E-state index contributed by atoms with van der Waals surface area (Å²) < 4.78 is 12.2. The maximum Gasteiger partial charge on any atom is 0.277 e. The van der Waals surface area contributed by atoms with Gasteiger partial charge in [-0.25, -0.2) is 5.84 Å². The van der Waals surface area contributed by atoms with E-state index in [9.17, 15) is 4.79 Å². The maximum atomic E-state index is 11.5. The van der Waals surface area contributed by atoms with Crippen molar-refractivity contribution in [2.24, 2.45) is 12.9 Å². The first-order valence-electron chi connectivity index (χ1n) is 5.17. The van der Waals surface area contributed by atoms with Crippen molar-refractivity contribution in [3.8, 4) is 5.75 Å². The number of ether oxygens (including phenoxy) is 2. The van der Waals surface area contributed by atoms with Crippen molar-refractivity contribution in [2.75, 3.05) is 13.7 Å². The maximum absolute atomic E-state index is 11.5. The first kappa shape index (κ1) is 13.5. The van der Waals surface area contributed by atoms with Crippen LogP contribution in [0.3, 0.4) is 0 Å². The smallest absolute Gasteiger partial charge is 0.277 e. The fourth-order valence-corrected chi connectivity index (χ4v) is 1.47. The van der Waals surface area contributed by atoms with Crippen LogP contribution in [0.5, 0.6) is 5.75 Å². The van der Waals surface area contributed by atoms with E-state index in [-0.39, 0.29) is 6.61 Å². The van der Waals surface area contributed by atoms with Gasteiger partial charge in [-0.05, 0) is 13.8 Å². The van der Waals surface area contributed by atoms with Gasteiger partial charge in [0.15, 0.2) is 5.75 Å². The Labute approximate surface area is 99.8 Å². The summed E-state index contributed by atoms with van der Waals surface area (Å²) in [6.07, 6.45) is -0.786. The van der Waals surface area contributed by atoms with Gasteiger partial charge < -0.3 is 9.47 Å². The van der Waals surface area contributed by atoms with Crippen molar-refractivity contribution < 1.29 is 14.3 Å². The summed E-state index contributed by atoms with van der Waals surface area (Å²) in [4.78, 5) is 11.5. The SMILES string of the molecule is COCC(Oc1c(C)nn(C)c1C)C(=O)NN. The second-order valence-corrected chi connectivity index (χ2v) is 3.69. The van der Waals surface area contributed by atoms with Gasteiger partial charge in [-0.15, -0.1) is 0 Å². The molecule has 1 amide bonds. The Morgan fingerprint density at radius 3 is 2.65 bits per heavy atom. The lowest BCUT2D eigenvalue weighted by Gasteiger charge is -2.16. The van der Waals surface area contributed by atoms with E-state index >= 15 is 0 Å². The highest BCUT2D eigenvalue weighted by Crippen LogP contribution is 2.22. The quantitative estimate of drug-likeness (QED) is 0.409. The number of carbonyl (C=O) groups excluding carboxylic acids is 1. The molecule has 1 rings (SSSR count). The van der Waals surface area contributed by atoms with E-state index in [1.165, 1.54) is 7.11 Å². The number of hydrazine groups is 1. The predicted octanol–water partition coefficient (Wildman–Crippen LogP) is -0.579. The van der Waals surface area contributed by atoms with Crippen molar-refractivity contribution >= 4 is 5.91 Å². The van der Waals surface area contributed by atoms with E-state index in [0.717, 1.165) is 11.4 Å². The molecule has 0 aromatic carbocycles. The third-order valence-corrected chi connectivity index (χ3v) is 2.46. The molecule has 0 bridgehead atoms. The number of amides is 1. The van der Waals surface area contributed by atoms with E-state index in [0.29, 0.717) is 5.75 Å². The number of hydrogen-bond donors (Lipinski definition) is 2. The molecule has 3 N–H and O–H groups in total. The highest BCUT2D eigenvalue weighted by atomic mass is 16.5. The topological polar surface area (TPSA) is 91.4 Å². The highest BCUT2D eigenvalue weighted by molar-refractivity contribution is 5.80. The Morgan fingerprint density at radius 1 is 1.59 bits per heavy atom. The number of nitrogens with two attached hydrogens (primary N) is 1. The average molecular weight is 242 g/mol. The third kappa shape index (κ3) is 2.95. The lowest BCUT2D eigenvalue weighted by molar-refractivity contribution is -0.130. The van der Waals surface area contributed by atoms with Gasteiger partial charge in [0.25, 0.3) is 5.91 Å². The zero-order chi connectivity index (χ0) is 13.0. The Bertz CT molecular complexity index is 403. The molecule has 96 valence electrons. The van der Waals surface area contributed by atoms with Crippen LogP contribution in [-0.2, 0) is 16.6 Å². The molecule has 0 radical (unpaired) electrons. The minimum absolute atomic E-state index is 0.122. The van der Waals surface area contributed by atoms with Crippen LogP contribution in [-0.4, -0.2) is 35.5 Å². The lowest BCUT2D eigenvalue weighted by Crippen LogP contribution is -2.44. The first-order valence-corrected chi connectivity index (χ1v) is 5.17. The third-order valence-electron chi connectivity index (χ3n) is 2.46. The van der Waals surface area contributed by atoms with Crippen molar-refractivity contribution in [3.63, 3.8) is 0 Å². The summed E-state index contributed by atoms with van der Waals surface area (Å²) >= 11 is 0. The molecule has 0 saturated carbocycles. The van der Waals surface area contributed by atoms with E-state index in [4.69, 9.17) is 15.3 Å². The summed E-state index contributed by atoms with van der Waals surface area (Å²) in [6, 6.07) is 0. The zero-order valence-corrected chi connectivity index (χ0v) is 10.5. The number of nitrogens with zero attached hydrogens (tertiary/aromatic N) is 2. The summed E-state index contributed by atoms with van der Waals surface area (Å²) in [6.45, 7) is 3.79. The number of rotatable bonds is 5. The van der Waals surface area contributed by atoms with E-state index in [1.807, 2.05) is 26.3 Å². The van der Waals surface area contributed by atoms with E-state index < -0.39 is 12.0 Å². The van der Waals surface area contributed by atoms with Gasteiger partial charge >= 0.3 is 0 Å². The van der Waals surface area contributed by atoms with Gasteiger partial charge in [0.2, 0.25) is 6.10 Å². The van der Waals surface area contributed by atoms with E-state index in [1.54, 1.807) is 4.68 Å². The molecule has 0 saturated heterocycles. The molecule has 0 aliphatic rings. The summed E-state index contributed by atoms with van der Waals surface area (Å²) in [5, 5.41) is 4.20. The lowest BCUT2D eigenvalue weighted by atomic mass is 10.3. The van der Waals surface area contributed by atoms with Gasteiger partial charge in [-0.1, -0.05) is 0 Å². The standard InChI is InChI=1S/C10H18N4O3/c1-6-9(7(2)14(3)13-6)17-8(5-16-4)10(15)12-11/h8H,5,11H2,1-4H3,(H,12,15). The van der Waals surface area contributed by atoms with Gasteiger partial charge in [0.1, 0.15) is 5.69 Å². The zero-order valence-electron chi connectivity index (χ0n) is 10.5. The van der Waals surface area contributed by atoms with Crippen LogP contribution in [0, 0.1) is 13.8 Å². The van der Waals surface area contributed by atoms with Gasteiger partial charge in [-0.3, -0.25) is 14.9 Å². The van der Waals surface area contributed by atoms with Crippen molar-refractivity contribution in [2.45, 2.75) is 20.0 Å². The Kier molecular flexibility index (Phi) is 4.47. The fourth-order valence-electron chi connectivity index (χ4n) is 1.47. The minimum Gasteiger partial charge on any atom is -0.474 e. The molecule has 1 unspecified atom stereocenters. The molecule has 0 aliphatic heterocycles. The molecule has 1 aromatic heterocycles. The Hall–Kier alpha value is -1.60. The number of aromatic nitrogens is 2. The van der Waals surface area contributed by atoms with Crippen LogP contribution >= 0.6 is 0 Å². The second-order valence-electron chi connectivity index (χ2n) is 3.69. The van der Waals surface area contributed by atoms with Gasteiger partial charge in [0, 0.05) is 14.2 Å². The second kappa shape index (κ2) is 5.65. The molecule has 0 spiro atoms. The van der Waals surface area contributed by atoms with Crippen molar-refractivity contribution in [1.29, 1.82) is 0 Å². The first-order chi connectivity index (χ1) is 8.01. The average Bonchev–Trinajstić information content (AvgIpc) is 2.54. The Morgan fingerprint density at radius 2 is 2.24 bits per heavy atom. The van der Waals surface area contributed by atoms with Crippen molar-refractivity contribution in [1.82, 2.24) is 15.2 Å². The molecule has 0 aliphatic carbocycles. The molecule has 1 atom stereocenters. The molecular weight excluding hydrogens is 224 g/mol. The van der Waals surface area contributed by atoms with E-state index in [2.05, 4.69) is 5.10 Å². The van der Waals surface area contributed by atoms with Crippen LogP contribution < -0.4 is 16.0 Å². The predicted molar refractivity (Wildman–Crippen MR) is 61.3 cm³/mol. The molecule has 1 aromatic rings. The van der Waals surface area contributed by atoms with Crippen LogP contribution in [0.15, 0.2) is 0 Å². The monoisotopic (exact) mass is 242 g/mol. The summed E-state index contributed by atoms with van der Waals surface area (Å²) in [7, 11) is 3.30. The molecule has 0 fully saturated rings. The van der Waals surface area contributed by atoms with Crippen LogP contribution in [0.4, 0.5) is 0 Å². The fraction of sp³-hybridized carbons (Fsp3) is 0.600. The van der Waals surface area contributed by atoms with Gasteiger partial charge in [-0.2, -0.15) is 5.10 Å². The molecule has 7 nitrogen and oxygen atoms in total. The number of hydrogen-bond acceptors (Lipinski definition) is 5. The molecule has 7 heteroatoms. The normalized spacial score (nSPS) is 12.3. The largest absolute Gasteiger partial charge is 0.474 e. The molecular formula is C10H18N4O3. The molecule has 1 heterocycles. The van der Waals surface area contributed by atoms with Crippen molar-refractivity contribution in [3.05, 3.63) is 11.4 Å². The van der Waals surface area contributed by atoms with Gasteiger partial charge in [0.05, 0.1) is 12.3 Å². The van der Waals surface area contributed by atoms with Crippen LogP contribution in [0.2, 0.25) is 0 Å². The number of methoxy groups -OCH3 is 1. The number of nitrogens with one attached hydrogen (secondary N) is 1. The Balaban J connectivity index is 2.89.